The monoisotopic (exact) mass is 628 g/mol. The first-order chi connectivity index (χ1) is 21.5. The molecule has 3 N–H and O–H groups in total. The number of hydrogen-bond acceptors (Lipinski definition) is 9. The average Bonchev–Trinajstić information content (AvgIpc) is 3.62. The molecule has 238 valence electrons. The van der Waals surface area contributed by atoms with Crippen molar-refractivity contribution < 1.29 is 26.7 Å². The summed E-state index contributed by atoms with van der Waals surface area (Å²) in [5.41, 5.74) is 2.39. The number of piperazine rings is 1. The molecule has 0 aromatic carbocycles. The number of alkyl halides is 4. The maximum Gasteiger partial charge on any atom is 0.418 e. The van der Waals surface area contributed by atoms with Crippen LogP contribution < -0.4 is 20.7 Å². The third-order valence-electron chi connectivity index (χ3n) is 9.49. The summed E-state index contributed by atoms with van der Waals surface area (Å²) in [5.74, 6) is 4.66. The molecule has 7 heterocycles. The minimum absolute atomic E-state index is 0.0362. The van der Waals surface area contributed by atoms with Crippen LogP contribution in [0.2, 0.25) is 0 Å². The van der Waals surface area contributed by atoms with Crippen molar-refractivity contribution in [2.75, 3.05) is 43.4 Å². The number of nitrogens with two attached hydrogens (primary N) is 1. The third-order valence-corrected chi connectivity index (χ3v) is 9.49. The van der Waals surface area contributed by atoms with E-state index in [4.69, 9.17) is 15.5 Å². The van der Waals surface area contributed by atoms with Crippen LogP contribution in [0, 0.1) is 24.6 Å². The highest BCUT2D eigenvalue weighted by molar-refractivity contribution is 5.97. The van der Waals surface area contributed by atoms with Crippen molar-refractivity contribution in [1.29, 1.82) is 0 Å². The van der Waals surface area contributed by atoms with Gasteiger partial charge in [-0.05, 0) is 58.1 Å². The van der Waals surface area contributed by atoms with Gasteiger partial charge in [-0.2, -0.15) is 23.1 Å². The van der Waals surface area contributed by atoms with Crippen LogP contribution in [-0.2, 0) is 6.18 Å². The van der Waals surface area contributed by atoms with Crippen molar-refractivity contribution in [3.05, 3.63) is 28.8 Å². The Hall–Kier alpha value is -3.83. The molecule has 0 unspecified atom stereocenters. The Kier molecular flexibility index (Phi) is 7.24. The first kappa shape index (κ1) is 29.9. The van der Waals surface area contributed by atoms with Crippen LogP contribution in [0.5, 0.6) is 6.01 Å². The number of aromatic nitrogens is 4. The van der Waals surface area contributed by atoms with Crippen molar-refractivity contribution in [2.45, 2.75) is 75.9 Å². The summed E-state index contributed by atoms with van der Waals surface area (Å²) in [6.07, 6.45) is -1.93. The number of fused-ring (bicyclic) bond motifs is 4. The van der Waals surface area contributed by atoms with Gasteiger partial charge in [-0.3, -0.25) is 4.90 Å². The second-order valence-corrected chi connectivity index (χ2v) is 12.5. The smallest absolute Gasteiger partial charge is 0.418 e. The molecule has 14 heteroatoms. The molecule has 0 radical (unpaired) electrons. The van der Waals surface area contributed by atoms with Crippen molar-refractivity contribution >= 4 is 22.5 Å². The van der Waals surface area contributed by atoms with Gasteiger partial charge in [0, 0.05) is 43.7 Å². The Morgan fingerprint density at radius 2 is 1.89 bits per heavy atom. The fraction of sp³-hybridized carbons (Fsp3) is 0.548. The summed E-state index contributed by atoms with van der Waals surface area (Å²) < 4.78 is 80.3. The van der Waals surface area contributed by atoms with Gasteiger partial charge in [-0.25, -0.2) is 18.7 Å². The number of halogens is 5. The number of nitrogen functional groups attached to an aromatic ring is 1. The van der Waals surface area contributed by atoms with Gasteiger partial charge in [-0.15, -0.1) is 0 Å². The molecular formula is C31H33F5N8O. The summed E-state index contributed by atoms with van der Waals surface area (Å²) in [6.45, 7) is 5.06. The van der Waals surface area contributed by atoms with Gasteiger partial charge in [0.15, 0.2) is 5.82 Å². The van der Waals surface area contributed by atoms with Crippen molar-refractivity contribution in [1.82, 2.24) is 30.2 Å². The molecule has 0 saturated carbocycles. The van der Waals surface area contributed by atoms with E-state index in [1.165, 1.54) is 0 Å². The summed E-state index contributed by atoms with van der Waals surface area (Å²) in [5, 5.41) is 3.75. The minimum atomic E-state index is -4.87. The summed E-state index contributed by atoms with van der Waals surface area (Å²) in [6, 6.07) is 1.21. The molecule has 4 fully saturated rings. The zero-order valence-electron chi connectivity index (χ0n) is 24.9. The molecule has 7 rings (SSSR count). The number of hydrogen-bond donors (Lipinski definition) is 2. The molecule has 2 bridgehead atoms. The predicted molar refractivity (Wildman–Crippen MR) is 158 cm³/mol. The predicted octanol–water partition coefficient (Wildman–Crippen LogP) is 4.40. The van der Waals surface area contributed by atoms with E-state index >= 15 is 4.39 Å². The molecule has 3 aromatic rings. The van der Waals surface area contributed by atoms with E-state index in [9.17, 15) is 17.6 Å². The molecule has 4 aliphatic rings. The lowest BCUT2D eigenvalue weighted by molar-refractivity contribution is -0.137. The Labute approximate surface area is 256 Å². The van der Waals surface area contributed by atoms with Crippen LogP contribution in [0.1, 0.15) is 56.0 Å². The maximum absolute atomic E-state index is 16.7. The van der Waals surface area contributed by atoms with Crippen molar-refractivity contribution in [3.63, 3.8) is 0 Å². The molecule has 3 aromatic heterocycles. The number of nitrogens with zero attached hydrogens (tertiary/aromatic N) is 6. The highest BCUT2D eigenvalue weighted by Crippen LogP contribution is 2.43. The van der Waals surface area contributed by atoms with Crippen LogP contribution in [0.3, 0.4) is 0 Å². The molecule has 4 aliphatic heterocycles. The van der Waals surface area contributed by atoms with Gasteiger partial charge in [0.1, 0.15) is 41.3 Å². The second kappa shape index (κ2) is 10.9. The number of rotatable bonds is 5. The number of pyridine rings is 2. The third kappa shape index (κ3) is 5.19. The highest BCUT2D eigenvalue weighted by atomic mass is 19.4. The first-order valence-electron chi connectivity index (χ1n) is 15.2. The Morgan fingerprint density at radius 3 is 2.60 bits per heavy atom. The molecular weight excluding hydrogens is 595 g/mol. The lowest BCUT2D eigenvalue weighted by atomic mass is 9.95. The standard InChI is InChI=1S/C31H33F5N8O/c1-3-5-21-23-27(25(33)26(40-21)20-10-22(37)38-16(2)24(20)31(34,35)36)41-29(42-28(23)43-13-18-6-7-19(14-43)39-18)45-15-30-8-4-9-44(30)12-17(32)11-30/h10,17-19,39H,4,6-9,11-15H2,1-2H3,(H2,37,38)/t17-,18-,19+,30+/m1/s1. The van der Waals surface area contributed by atoms with E-state index in [1.807, 2.05) is 4.90 Å². The SMILES string of the molecule is CC#Cc1nc(-c2cc(N)nc(C)c2C(F)(F)F)c(F)c2nc(OC[C@@]34CCCN3C[C@H](F)C4)nc(N3C[C@H]4CC[C@@H](C3)N4)c12. The Balaban J connectivity index is 1.43. The maximum atomic E-state index is 16.7. The van der Waals surface area contributed by atoms with Gasteiger partial charge in [0.25, 0.3) is 0 Å². The first-order valence-corrected chi connectivity index (χ1v) is 15.2. The topological polar surface area (TPSA) is 105 Å². The van der Waals surface area contributed by atoms with E-state index in [0.29, 0.717) is 31.9 Å². The van der Waals surface area contributed by atoms with E-state index in [-0.39, 0.29) is 47.1 Å². The molecule has 0 amide bonds. The largest absolute Gasteiger partial charge is 0.461 e. The van der Waals surface area contributed by atoms with E-state index in [0.717, 1.165) is 45.2 Å². The molecule has 4 atom stereocenters. The zero-order chi connectivity index (χ0) is 31.7. The number of nitrogens with one attached hydrogen (secondary N) is 1. The van der Waals surface area contributed by atoms with Gasteiger partial charge in [0.2, 0.25) is 0 Å². The number of anilines is 2. The van der Waals surface area contributed by atoms with Crippen LogP contribution in [-0.4, -0.2) is 81.4 Å². The van der Waals surface area contributed by atoms with Crippen LogP contribution in [0.4, 0.5) is 33.6 Å². The summed E-state index contributed by atoms with van der Waals surface area (Å²) in [7, 11) is 0. The van der Waals surface area contributed by atoms with Gasteiger partial charge in [-0.1, -0.05) is 5.92 Å². The van der Waals surface area contributed by atoms with E-state index in [2.05, 4.69) is 37.0 Å². The highest BCUT2D eigenvalue weighted by Gasteiger charge is 2.49. The normalized spacial score (nSPS) is 26.3. The molecule has 0 spiro atoms. The number of aryl methyl sites for hydroxylation is 1. The van der Waals surface area contributed by atoms with Crippen LogP contribution >= 0.6 is 0 Å². The van der Waals surface area contributed by atoms with E-state index in [1.54, 1.807) is 6.92 Å². The second-order valence-electron chi connectivity index (χ2n) is 12.5. The Bertz CT molecular complexity index is 1730. The van der Waals surface area contributed by atoms with Crippen molar-refractivity contribution in [3.8, 4) is 29.1 Å². The van der Waals surface area contributed by atoms with Crippen LogP contribution in [0.25, 0.3) is 22.2 Å². The van der Waals surface area contributed by atoms with Crippen LogP contribution in [0.15, 0.2) is 6.07 Å². The van der Waals surface area contributed by atoms with Gasteiger partial charge in [0.05, 0.1) is 22.2 Å². The van der Waals surface area contributed by atoms with Gasteiger partial charge >= 0.3 is 12.2 Å². The molecule has 9 nitrogen and oxygen atoms in total. The zero-order valence-corrected chi connectivity index (χ0v) is 24.9. The lowest BCUT2D eigenvalue weighted by Crippen LogP contribution is -2.51. The fourth-order valence-corrected chi connectivity index (χ4v) is 7.67. The van der Waals surface area contributed by atoms with Crippen molar-refractivity contribution in [2.24, 2.45) is 0 Å². The molecule has 4 saturated heterocycles. The Morgan fingerprint density at radius 1 is 1.13 bits per heavy atom. The molecule has 45 heavy (non-hydrogen) atoms. The summed E-state index contributed by atoms with van der Waals surface area (Å²) >= 11 is 0. The molecule has 0 aliphatic carbocycles. The lowest BCUT2D eigenvalue weighted by Gasteiger charge is -2.35. The van der Waals surface area contributed by atoms with E-state index < -0.39 is 46.2 Å². The fourth-order valence-electron chi connectivity index (χ4n) is 7.67. The summed E-state index contributed by atoms with van der Waals surface area (Å²) in [4.78, 5) is 21.4. The van der Waals surface area contributed by atoms with Gasteiger partial charge < -0.3 is 20.7 Å². The number of ether oxygens (including phenoxy) is 1. The quantitative estimate of drug-likeness (QED) is 0.314. The average molecular weight is 629 g/mol. The minimum Gasteiger partial charge on any atom is -0.461 e.